The first-order valence-corrected chi connectivity index (χ1v) is 4.91. The van der Waals surface area contributed by atoms with E-state index in [9.17, 15) is 0 Å². The average Bonchev–Trinajstić information content (AvgIpc) is 2.04. The van der Waals surface area contributed by atoms with E-state index in [4.69, 9.17) is 10.00 Å². The summed E-state index contributed by atoms with van der Waals surface area (Å²) in [5, 5.41) is 8.54. The van der Waals surface area contributed by atoms with Gasteiger partial charge in [-0.15, -0.1) is 0 Å². The van der Waals surface area contributed by atoms with Crippen LogP contribution in [-0.4, -0.2) is 37.2 Å². The molecule has 0 spiro atoms. The molecule has 0 N–H and O–H groups in total. The lowest BCUT2D eigenvalue weighted by Gasteiger charge is -2.18. The molecule has 0 unspecified atom stereocenters. The molecule has 3 heteroatoms. The summed E-state index contributed by atoms with van der Waals surface area (Å²) in [5.74, 6) is 0. The smallest absolute Gasteiger partial charge is 0.0866 e. The molecule has 0 saturated heterocycles. The largest absolute Gasteiger partial charge is 0.377 e. The maximum Gasteiger partial charge on any atom is 0.0866 e. The quantitative estimate of drug-likeness (QED) is 0.564. The first kappa shape index (κ1) is 12.4. The zero-order chi connectivity index (χ0) is 10.1. The molecule has 0 aromatic carbocycles. The Morgan fingerprint density at radius 3 is 2.54 bits per heavy atom. The van der Waals surface area contributed by atoms with E-state index in [1.807, 2.05) is 13.8 Å². The van der Waals surface area contributed by atoms with E-state index in [-0.39, 0.29) is 6.10 Å². The predicted octanol–water partition coefficient (Wildman–Crippen LogP) is 1.65. The fraction of sp³-hybridized carbons (Fsp3) is 0.900. The third kappa shape index (κ3) is 7.76. The van der Waals surface area contributed by atoms with Gasteiger partial charge in [0.1, 0.15) is 0 Å². The number of hydrogen-bond donors (Lipinski definition) is 0. The van der Waals surface area contributed by atoms with Gasteiger partial charge in [0, 0.05) is 6.54 Å². The van der Waals surface area contributed by atoms with E-state index in [0.29, 0.717) is 6.54 Å². The highest BCUT2D eigenvalue weighted by molar-refractivity contribution is 4.75. The first-order valence-electron chi connectivity index (χ1n) is 4.91. The van der Waals surface area contributed by atoms with E-state index >= 15 is 0 Å². The molecule has 0 bridgehead atoms. The highest BCUT2D eigenvalue weighted by Gasteiger charge is 2.02. The van der Waals surface area contributed by atoms with Crippen LogP contribution in [-0.2, 0) is 4.74 Å². The summed E-state index contributed by atoms with van der Waals surface area (Å²) in [7, 11) is 0. The minimum atomic E-state index is 0.283. The molecule has 0 amide bonds. The van der Waals surface area contributed by atoms with Gasteiger partial charge in [-0.05, 0) is 26.8 Å². The van der Waals surface area contributed by atoms with Crippen LogP contribution in [0.2, 0.25) is 0 Å². The zero-order valence-electron chi connectivity index (χ0n) is 8.92. The minimum Gasteiger partial charge on any atom is -0.377 e. The summed E-state index contributed by atoms with van der Waals surface area (Å²) in [5.41, 5.74) is 0. The van der Waals surface area contributed by atoms with Crippen molar-refractivity contribution < 1.29 is 4.74 Å². The Morgan fingerprint density at radius 2 is 2.08 bits per heavy atom. The normalized spacial score (nSPS) is 10.8. The van der Waals surface area contributed by atoms with E-state index in [1.165, 1.54) is 0 Å². The van der Waals surface area contributed by atoms with Crippen LogP contribution in [0.5, 0.6) is 0 Å². The molecule has 3 nitrogen and oxygen atoms in total. The van der Waals surface area contributed by atoms with Gasteiger partial charge in [-0.25, -0.2) is 0 Å². The summed E-state index contributed by atoms with van der Waals surface area (Å²) in [6.45, 7) is 9.24. The van der Waals surface area contributed by atoms with Gasteiger partial charge in [-0.2, -0.15) is 5.26 Å². The van der Waals surface area contributed by atoms with Crippen molar-refractivity contribution in [3.8, 4) is 6.07 Å². The van der Waals surface area contributed by atoms with Crippen LogP contribution in [0.25, 0.3) is 0 Å². The monoisotopic (exact) mass is 184 g/mol. The van der Waals surface area contributed by atoms with Crippen molar-refractivity contribution in [2.24, 2.45) is 0 Å². The number of nitriles is 1. The highest BCUT2D eigenvalue weighted by atomic mass is 16.5. The van der Waals surface area contributed by atoms with Crippen LogP contribution in [0.3, 0.4) is 0 Å². The minimum absolute atomic E-state index is 0.283. The van der Waals surface area contributed by atoms with E-state index in [1.54, 1.807) is 0 Å². The molecule has 13 heavy (non-hydrogen) atoms. The summed E-state index contributed by atoms with van der Waals surface area (Å²) < 4.78 is 5.41. The van der Waals surface area contributed by atoms with Crippen molar-refractivity contribution in [1.29, 1.82) is 5.26 Å². The van der Waals surface area contributed by atoms with Crippen LogP contribution in [0.1, 0.15) is 27.2 Å². The topological polar surface area (TPSA) is 36.3 Å². The lowest BCUT2D eigenvalue weighted by molar-refractivity contribution is 0.0615. The summed E-state index contributed by atoms with van der Waals surface area (Å²) in [6, 6.07) is 2.16. The predicted molar refractivity (Wildman–Crippen MR) is 53.4 cm³/mol. The molecule has 0 heterocycles. The first-order chi connectivity index (χ1) is 6.20. The standard InChI is InChI=1S/C10H20N2O/c1-4-6-12(7-5-11)8-9-13-10(2)3/h10H,4,6-9H2,1-3H3. The van der Waals surface area contributed by atoms with Gasteiger partial charge in [0.05, 0.1) is 25.3 Å². The number of rotatable bonds is 7. The fourth-order valence-electron chi connectivity index (χ4n) is 1.10. The SMILES string of the molecule is CCCN(CC#N)CCOC(C)C. The summed E-state index contributed by atoms with van der Waals surface area (Å²) in [4.78, 5) is 2.11. The van der Waals surface area contributed by atoms with Crippen LogP contribution in [0, 0.1) is 11.3 Å². The van der Waals surface area contributed by atoms with Crippen molar-refractivity contribution in [2.75, 3.05) is 26.2 Å². The molecule has 0 aromatic rings. The van der Waals surface area contributed by atoms with Crippen molar-refractivity contribution in [2.45, 2.75) is 33.3 Å². The molecule has 0 aliphatic heterocycles. The fourth-order valence-corrected chi connectivity index (χ4v) is 1.10. The molecular formula is C10H20N2O. The molecule has 0 aromatic heterocycles. The Kier molecular flexibility index (Phi) is 7.66. The highest BCUT2D eigenvalue weighted by Crippen LogP contribution is 1.93. The van der Waals surface area contributed by atoms with Gasteiger partial charge in [0.15, 0.2) is 0 Å². The van der Waals surface area contributed by atoms with Gasteiger partial charge >= 0.3 is 0 Å². The van der Waals surface area contributed by atoms with E-state index < -0.39 is 0 Å². The Labute approximate surface area is 81.3 Å². The Hall–Kier alpha value is -0.590. The van der Waals surface area contributed by atoms with Crippen LogP contribution in [0.15, 0.2) is 0 Å². The summed E-state index contributed by atoms with van der Waals surface area (Å²) >= 11 is 0. The second-order valence-electron chi connectivity index (χ2n) is 3.35. The molecule has 0 aliphatic rings. The molecule has 0 rings (SSSR count). The Morgan fingerprint density at radius 1 is 1.38 bits per heavy atom. The van der Waals surface area contributed by atoms with Gasteiger partial charge in [0.25, 0.3) is 0 Å². The molecular weight excluding hydrogens is 164 g/mol. The van der Waals surface area contributed by atoms with Gasteiger partial charge in [-0.1, -0.05) is 6.92 Å². The van der Waals surface area contributed by atoms with E-state index in [2.05, 4.69) is 17.9 Å². The third-order valence-corrected chi connectivity index (χ3v) is 1.69. The summed E-state index contributed by atoms with van der Waals surface area (Å²) in [6.07, 6.45) is 1.37. The van der Waals surface area contributed by atoms with Crippen molar-refractivity contribution in [1.82, 2.24) is 4.90 Å². The maximum absolute atomic E-state index is 8.54. The lowest BCUT2D eigenvalue weighted by atomic mass is 10.4. The van der Waals surface area contributed by atoms with Crippen LogP contribution < -0.4 is 0 Å². The van der Waals surface area contributed by atoms with Gasteiger partial charge in [-0.3, -0.25) is 4.90 Å². The van der Waals surface area contributed by atoms with Crippen molar-refractivity contribution >= 4 is 0 Å². The number of ether oxygens (including phenoxy) is 1. The second kappa shape index (κ2) is 8.03. The second-order valence-corrected chi connectivity index (χ2v) is 3.35. The molecule has 76 valence electrons. The maximum atomic E-state index is 8.54. The van der Waals surface area contributed by atoms with Crippen molar-refractivity contribution in [3.05, 3.63) is 0 Å². The number of nitrogens with zero attached hydrogens (tertiary/aromatic N) is 2. The van der Waals surface area contributed by atoms with E-state index in [0.717, 1.165) is 26.1 Å². The zero-order valence-corrected chi connectivity index (χ0v) is 8.92. The van der Waals surface area contributed by atoms with Gasteiger partial charge < -0.3 is 4.74 Å². The molecule has 0 saturated carbocycles. The van der Waals surface area contributed by atoms with Crippen LogP contribution >= 0.6 is 0 Å². The van der Waals surface area contributed by atoms with Crippen molar-refractivity contribution in [3.63, 3.8) is 0 Å². The molecule has 0 radical (unpaired) electrons. The number of hydrogen-bond acceptors (Lipinski definition) is 3. The third-order valence-electron chi connectivity index (χ3n) is 1.69. The lowest BCUT2D eigenvalue weighted by Crippen LogP contribution is -2.29. The van der Waals surface area contributed by atoms with Gasteiger partial charge in [0.2, 0.25) is 0 Å². The molecule has 0 atom stereocenters. The van der Waals surface area contributed by atoms with Crippen LogP contribution in [0.4, 0.5) is 0 Å². The Bertz CT molecular complexity index is 151. The Balaban J connectivity index is 3.51. The average molecular weight is 184 g/mol. The molecule has 0 aliphatic carbocycles. The molecule has 0 fully saturated rings.